The fraction of sp³-hybridized carbons (Fsp3) is 0.385. The van der Waals surface area contributed by atoms with E-state index in [1.165, 1.54) is 11.0 Å². The largest absolute Gasteiger partial charge is 0.504 e. The van der Waals surface area contributed by atoms with Gasteiger partial charge in [-0.25, -0.2) is 0 Å². The number of aliphatic carboxylic acids is 2. The Morgan fingerprint density at radius 2 is 1.80 bits per heavy atom. The van der Waals surface area contributed by atoms with Crippen LogP contribution in [-0.4, -0.2) is 51.9 Å². The SMILES string of the molecule is CCOc1cc(CN(CC(=O)O)CC(=O)O)ccc1O. The van der Waals surface area contributed by atoms with Crippen LogP contribution in [0.15, 0.2) is 18.2 Å². The van der Waals surface area contributed by atoms with Gasteiger partial charge in [0.15, 0.2) is 11.5 Å². The van der Waals surface area contributed by atoms with Crippen LogP contribution >= 0.6 is 0 Å². The van der Waals surface area contributed by atoms with Crippen molar-refractivity contribution in [1.82, 2.24) is 4.90 Å². The predicted molar refractivity (Wildman–Crippen MR) is 69.8 cm³/mol. The molecule has 0 saturated heterocycles. The summed E-state index contributed by atoms with van der Waals surface area (Å²) in [5.41, 5.74) is 0.661. The zero-order valence-corrected chi connectivity index (χ0v) is 11.1. The number of aromatic hydroxyl groups is 1. The molecule has 0 aliphatic carbocycles. The second kappa shape index (κ2) is 7.34. The maximum Gasteiger partial charge on any atom is 0.317 e. The first-order valence-electron chi connectivity index (χ1n) is 6.03. The van der Waals surface area contributed by atoms with Crippen LogP contribution in [-0.2, 0) is 16.1 Å². The normalized spacial score (nSPS) is 10.5. The number of ether oxygens (including phenoxy) is 1. The molecule has 7 heteroatoms. The van der Waals surface area contributed by atoms with Crippen LogP contribution in [0.3, 0.4) is 0 Å². The van der Waals surface area contributed by atoms with Gasteiger partial charge in [-0.05, 0) is 24.6 Å². The molecule has 0 heterocycles. The first-order chi connectivity index (χ1) is 9.42. The number of rotatable bonds is 8. The molecule has 0 aliphatic heterocycles. The minimum atomic E-state index is -1.10. The van der Waals surface area contributed by atoms with Gasteiger partial charge in [0.1, 0.15) is 0 Å². The van der Waals surface area contributed by atoms with Gasteiger partial charge in [0.05, 0.1) is 19.7 Å². The monoisotopic (exact) mass is 283 g/mol. The van der Waals surface area contributed by atoms with Gasteiger partial charge in [-0.1, -0.05) is 6.07 Å². The molecular formula is C13H17NO6. The van der Waals surface area contributed by atoms with Crippen LogP contribution < -0.4 is 4.74 Å². The van der Waals surface area contributed by atoms with Crippen LogP contribution in [0.5, 0.6) is 11.5 Å². The lowest BCUT2D eigenvalue weighted by atomic mass is 10.2. The molecule has 1 aromatic carbocycles. The van der Waals surface area contributed by atoms with Gasteiger partial charge < -0.3 is 20.1 Å². The second-order valence-electron chi connectivity index (χ2n) is 4.17. The number of nitrogens with zero attached hydrogens (tertiary/aromatic N) is 1. The number of phenols is 1. The summed E-state index contributed by atoms with van der Waals surface area (Å²) < 4.78 is 5.22. The summed E-state index contributed by atoms with van der Waals surface area (Å²) in [6.45, 7) is 1.53. The van der Waals surface area contributed by atoms with E-state index >= 15 is 0 Å². The van der Waals surface area contributed by atoms with Gasteiger partial charge in [-0.3, -0.25) is 14.5 Å². The number of carboxylic acid groups (broad SMARTS) is 2. The topological polar surface area (TPSA) is 107 Å². The Morgan fingerprint density at radius 3 is 2.30 bits per heavy atom. The Balaban J connectivity index is 2.83. The van der Waals surface area contributed by atoms with E-state index in [0.29, 0.717) is 12.2 Å². The Bertz CT molecular complexity index is 472. The van der Waals surface area contributed by atoms with Crippen LogP contribution in [0, 0.1) is 0 Å². The number of benzene rings is 1. The van der Waals surface area contributed by atoms with E-state index in [4.69, 9.17) is 14.9 Å². The molecule has 0 radical (unpaired) electrons. The molecule has 0 fully saturated rings. The molecular weight excluding hydrogens is 266 g/mol. The summed E-state index contributed by atoms with van der Waals surface area (Å²) in [7, 11) is 0. The fourth-order valence-corrected chi connectivity index (χ4v) is 1.74. The maximum absolute atomic E-state index is 10.7. The van der Waals surface area contributed by atoms with Gasteiger partial charge >= 0.3 is 11.9 Å². The van der Waals surface area contributed by atoms with Crippen molar-refractivity contribution < 1.29 is 29.6 Å². The van der Waals surface area contributed by atoms with Crippen LogP contribution in [0.2, 0.25) is 0 Å². The smallest absolute Gasteiger partial charge is 0.317 e. The van der Waals surface area contributed by atoms with E-state index in [-0.39, 0.29) is 31.1 Å². The van der Waals surface area contributed by atoms with Gasteiger partial charge in [0, 0.05) is 6.54 Å². The molecule has 0 atom stereocenters. The van der Waals surface area contributed by atoms with Crippen LogP contribution in [0.25, 0.3) is 0 Å². The van der Waals surface area contributed by atoms with Crippen LogP contribution in [0.4, 0.5) is 0 Å². The summed E-state index contributed by atoms with van der Waals surface area (Å²) in [6, 6.07) is 4.59. The number of hydrogen-bond acceptors (Lipinski definition) is 5. The zero-order valence-electron chi connectivity index (χ0n) is 11.1. The molecule has 0 bridgehead atoms. The highest BCUT2D eigenvalue weighted by Crippen LogP contribution is 2.27. The Hall–Kier alpha value is -2.28. The third-order valence-electron chi connectivity index (χ3n) is 2.45. The first-order valence-corrected chi connectivity index (χ1v) is 6.03. The predicted octanol–water partition coefficient (Wildman–Crippen LogP) is 0.762. The highest BCUT2D eigenvalue weighted by molar-refractivity contribution is 5.72. The molecule has 0 amide bonds. The number of carbonyl (C=O) groups is 2. The molecule has 1 aromatic rings. The number of phenolic OH excluding ortho intramolecular Hbond substituents is 1. The van der Waals surface area contributed by atoms with Gasteiger partial charge in [-0.2, -0.15) is 0 Å². The highest BCUT2D eigenvalue weighted by atomic mass is 16.5. The Kier molecular flexibility index (Phi) is 5.79. The Labute approximate surface area is 116 Å². The van der Waals surface area contributed by atoms with Gasteiger partial charge in [0.25, 0.3) is 0 Å². The molecule has 7 nitrogen and oxygen atoms in total. The van der Waals surface area contributed by atoms with Gasteiger partial charge in [0.2, 0.25) is 0 Å². The maximum atomic E-state index is 10.7. The molecule has 0 spiro atoms. The molecule has 0 aromatic heterocycles. The molecule has 0 saturated carbocycles. The van der Waals surface area contributed by atoms with Crippen molar-refractivity contribution in [3.8, 4) is 11.5 Å². The number of hydrogen-bond donors (Lipinski definition) is 3. The number of carboxylic acids is 2. The molecule has 0 aliphatic rings. The summed E-state index contributed by atoms with van der Waals surface area (Å²) in [6.07, 6.45) is 0. The van der Waals surface area contributed by atoms with E-state index in [0.717, 1.165) is 0 Å². The fourth-order valence-electron chi connectivity index (χ4n) is 1.74. The van der Waals surface area contributed by atoms with Crippen molar-refractivity contribution in [3.63, 3.8) is 0 Å². The van der Waals surface area contributed by atoms with E-state index in [9.17, 15) is 14.7 Å². The lowest BCUT2D eigenvalue weighted by molar-refractivity contribution is -0.142. The van der Waals surface area contributed by atoms with Crippen molar-refractivity contribution in [1.29, 1.82) is 0 Å². The van der Waals surface area contributed by atoms with Gasteiger partial charge in [-0.15, -0.1) is 0 Å². The second-order valence-corrected chi connectivity index (χ2v) is 4.17. The zero-order chi connectivity index (χ0) is 15.1. The summed E-state index contributed by atoms with van der Waals surface area (Å²) >= 11 is 0. The lowest BCUT2D eigenvalue weighted by Gasteiger charge is -2.18. The molecule has 20 heavy (non-hydrogen) atoms. The average Bonchev–Trinajstić information content (AvgIpc) is 2.32. The third kappa shape index (κ3) is 5.15. The van der Waals surface area contributed by atoms with Crippen molar-refractivity contribution in [2.24, 2.45) is 0 Å². The summed E-state index contributed by atoms with van der Waals surface area (Å²) in [5.74, 6) is -1.93. The first kappa shape index (κ1) is 15.8. The van der Waals surface area contributed by atoms with Crippen molar-refractivity contribution in [2.75, 3.05) is 19.7 Å². The minimum absolute atomic E-state index is 0.0152. The minimum Gasteiger partial charge on any atom is -0.504 e. The highest BCUT2D eigenvalue weighted by Gasteiger charge is 2.15. The van der Waals surface area contributed by atoms with Crippen molar-refractivity contribution in [3.05, 3.63) is 23.8 Å². The van der Waals surface area contributed by atoms with Crippen LogP contribution in [0.1, 0.15) is 12.5 Å². The van der Waals surface area contributed by atoms with Crippen molar-refractivity contribution in [2.45, 2.75) is 13.5 Å². The molecule has 1 rings (SSSR count). The van der Waals surface area contributed by atoms with E-state index in [1.807, 2.05) is 0 Å². The average molecular weight is 283 g/mol. The molecule has 3 N–H and O–H groups in total. The van der Waals surface area contributed by atoms with Crippen molar-refractivity contribution >= 4 is 11.9 Å². The Morgan fingerprint density at radius 1 is 1.20 bits per heavy atom. The quantitative estimate of drug-likeness (QED) is 0.646. The van der Waals surface area contributed by atoms with E-state index in [2.05, 4.69) is 0 Å². The molecule has 0 unspecified atom stereocenters. The molecule has 110 valence electrons. The van der Waals surface area contributed by atoms with E-state index < -0.39 is 11.9 Å². The van der Waals surface area contributed by atoms with E-state index in [1.54, 1.807) is 19.1 Å². The third-order valence-corrected chi connectivity index (χ3v) is 2.45. The standard InChI is InChI=1S/C13H17NO6/c1-2-20-11-5-9(3-4-10(11)15)6-14(7-12(16)17)8-13(18)19/h3-5,15H,2,6-8H2,1H3,(H,16,17)(H,18,19). The summed E-state index contributed by atoms with van der Waals surface area (Å²) in [4.78, 5) is 22.7. The summed E-state index contributed by atoms with van der Waals surface area (Å²) in [5, 5.41) is 27.1. The lowest BCUT2D eigenvalue weighted by Crippen LogP contribution is -2.33.